The Morgan fingerprint density at radius 3 is 2.32 bits per heavy atom. The number of carbonyl (C=O) groups excluding carboxylic acids is 2. The predicted octanol–water partition coefficient (Wildman–Crippen LogP) is 3.96. The summed E-state index contributed by atoms with van der Waals surface area (Å²) >= 11 is 0. The lowest BCUT2D eigenvalue weighted by molar-refractivity contribution is 0.0796. The lowest BCUT2D eigenvalue weighted by atomic mass is 10.1. The number of nitrogens with zero attached hydrogens (tertiary/aromatic N) is 2. The van der Waals surface area contributed by atoms with Crippen molar-refractivity contribution in [3.8, 4) is 0 Å². The Kier molecular flexibility index (Phi) is 6.17. The first kappa shape index (κ1) is 19.3. The highest BCUT2D eigenvalue weighted by Gasteiger charge is 2.13. The van der Waals surface area contributed by atoms with Crippen LogP contribution in [0.1, 0.15) is 31.8 Å². The number of nitrogens with one attached hydrogen (secondary N) is 1. The highest BCUT2D eigenvalue weighted by Crippen LogP contribution is 2.13. The van der Waals surface area contributed by atoms with Crippen LogP contribution < -0.4 is 5.32 Å². The van der Waals surface area contributed by atoms with Crippen LogP contribution in [0.5, 0.6) is 0 Å². The Bertz CT molecular complexity index is 953. The van der Waals surface area contributed by atoms with E-state index in [2.05, 4.69) is 10.3 Å². The molecular formula is C23H23N3O2. The minimum absolute atomic E-state index is 0.0697. The van der Waals surface area contributed by atoms with Gasteiger partial charge in [0.1, 0.15) is 0 Å². The maximum Gasteiger partial charge on any atom is 0.255 e. The van der Waals surface area contributed by atoms with Gasteiger partial charge in [-0.25, -0.2) is 0 Å². The van der Waals surface area contributed by atoms with Crippen LogP contribution in [0.3, 0.4) is 0 Å². The Labute approximate surface area is 165 Å². The van der Waals surface area contributed by atoms with Crippen molar-refractivity contribution in [2.45, 2.75) is 13.3 Å². The number of rotatable bonds is 6. The van der Waals surface area contributed by atoms with Gasteiger partial charge in [-0.1, -0.05) is 12.1 Å². The van der Waals surface area contributed by atoms with Gasteiger partial charge in [-0.3, -0.25) is 14.6 Å². The van der Waals surface area contributed by atoms with Crippen molar-refractivity contribution in [3.63, 3.8) is 0 Å². The van der Waals surface area contributed by atoms with Gasteiger partial charge in [-0.2, -0.15) is 0 Å². The van der Waals surface area contributed by atoms with E-state index >= 15 is 0 Å². The van der Waals surface area contributed by atoms with Crippen molar-refractivity contribution in [2.75, 3.05) is 18.9 Å². The van der Waals surface area contributed by atoms with E-state index in [1.54, 1.807) is 48.6 Å². The lowest BCUT2D eigenvalue weighted by Gasteiger charge is -2.17. The number of aromatic nitrogens is 1. The number of pyridine rings is 1. The van der Waals surface area contributed by atoms with Gasteiger partial charge in [0.2, 0.25) is 0 Å². The summed E-state index contributed by atoms with van der Waals surface area (Å²) in [4.78, 5) is 30.7. The molecule has 0 fully saturated rings. The zero-order valence-corrected chi connectivity index (χ0v) is 16.1. The summed E-state index contributed by atoms with van der Waals surface area (Å²) < 4.78 is 0. The van der Waals surface area contributed by atoms with Crippen LogP contribution in [-0.4, -0.2) is 35.3 Å². The van der Waals surface area contributed by atoms with Gasteiger partial charge < -0.3 is 10.2 Å². The number of hydrogen-bond acceptors (Lipinski definition) is 3. The molecule has 0 spiro atoms. The number of hydrogen-bond donors (Lipinski definition) is 1. The van der Waals surface area contributed by atoms with Crippen LogP contribution in [0.15, 0.2) is 73.1 Å². The maximum atomic E-state index is 12.6. The largest absolute Gasteiger partial charge is 0.341 e. The molecule has 0 saturated heterocycles. The molecule has 2 amide bonds. The minimum Gasteiger partial charge on any atom is -0.341 e. The molecule has 0 aliphatic rings. The molecule has 3 rings (SSSR count). The quantitative estimate of drug-likeness (QED) is 0.711. The molecule has 0 saturated carbocycles. The summed E-state index contributed by atoms with van der Waals surface area (Å²) in [5.41, 5.74) is 4.04. The standard InChI is InChI=1S/C23H23N3O2/c1-17-4-3-5-21(16-17)25-22(27)19-6-8-20(9-7-19)23(28)26(2)15-12-18-10-13-24-14-11-18/h3-11,13-14,16H,12,15H2,1-2H3,(H,25,27). The van der Waals surface area contributed by atoms with E-state index in [1.165, 1.54) is 0 Å². The molecule has 5 nitrogen and oxygen atoms in total. The topological polar surface area (TPSA) is 62.3 Å². The molecule has 0 unspecified atom stereocenters. The average Bonchev–Trinajstić information content (AvgIpc) is 2.72. The fourth-order valence-electron chi connectivity index (χ4n) is 2.86. The van der Waals surface area contributed by atoms with Gasteiger partial charge in [-0.15, -0.1) is 0 Å². The maximum absolute atomic E-state index is 12.6. The molecule has 142 valence electrons. The highest BCUT2D eigenvalue weighted by atomic mass is 16.2. The number of likely N-dealkylation sites (N-methyl/N-ethyl adjacent to an activating group) is 1. The molecule has 28 heavy (non-hydrogen) atoms. The molecule has 3 aromatic rings. The van der Waals surface area contributed by atoms with E-state index < -0.39 is 0 Å². The molecule has 0 atom stereocenters. The first-order valence-electron chi connectivity index (χ1n) is 9.15. The second kappa shape index (κ2) is 8.95. The summed E-state index contributed by atoms with van der Waals surface area (Å²) in [5.74, 6) is -0.268. The number of anilines is 1. The summed E-state index contributed by atoms with van der Waals surface area (Å²) in [7, 11) is 1.78. The van der Waals surface area contributed by atoms with Crippen molar-refractivity contribution in [2.24, 2.45) is 0 Å². The Morgan fingerprint density at radius 1 is 0.964 bits per heavy atom. The van der Waals surface area contributed by atoms with Gasteiger partial charge in [0.05, 0.1) is 0 Å². The van der Waals surface area contributed by atoms with Crippen molar-refractivity contribution >= 4 is 17.5 Å². The molecule has 5 heteroatoms. The summed E-state index contributed by atoms with van der Waals surface area (Å²) in [5, 5.41) is 2.87. The third kappa shape index (κ3) is 5.04. The summed E-state index contributed by atoms with van der Waals surface area (Å²) in [6.07, 6.45) is 4.26. The number of aryl methyl sites for hydroxylation is 1. The Balaban J connectivity index is 1.59. The predicted molar refractivity (Wildman–Crippen MR) is 110 cm³/mol. The van der Waals surface area contributed by atoms with Crippen LogP contribution in [-0.2, 0) is 6.42 Å². The van der Waals surface area contributed by atoms with Gasteiger partial charge >= 0.3 is 0 Å². The first-order chi connectivity index (χ1) is 13.5. The second-order valence-corrected chi connectivity index (χ2v) is 6.73. The van der Waals surface area contributed by atoms with Gasteiger partial charge in [0.25, 0.3) is 11.8 Å². The number of benzene rings is 2. The van der Waals surface area contributed by atoms with Crippen LogP contribution in [0.2, 0.25) is 0 Å². The fraction of sp³-hybridized carbons (Fsp3) is 0.174. The molecule has 0 radical (unpaired) electrons. The van der Waals surface area contributed by atoms with E-state index in [0.29, 0.717) is 17.7 Å². The zero-order chi connectivity index (χ0) is 19.9. The van der Waals surface area contributed by atoms with E-state index in [0.717, 1.165) is 23.2 Å². The van der Waals surface area contributed by atoms with Crippen molar-refractivity contribution < 1.29 is 9.59 Å². The monoisotopic (exact) mass is 373 g/mol. The summed E-state index contributed by atoms with van der Waals surface area (Å²) in [6, 6.07) is 18.3. The van der Waals surface area contributed by atoms with Crippen LogP contribution in [0.25, 0.3) is 0 Å². The van der Waals surface area contributed by atoms with Crippen LogP contribution >= 0.6 is 0 Å². The molecule has 0 aliphatic carbocycles. The average molecular weight is 373 g/mol. The number of carbonyl (C=O) groups is 2. The molecular weight excluding hydrogens is 350 g/mol. The third-order valence-electron chi connectivity index (χ3n) is 4.50. The third-order valence-corrected chi connectivity index (χ3v) is 4.50. The van der Waals surface area contributed by atoms with E-state index in [-0.39, 0.29) is 11.8 Å². The Morgan fingerprint density at radius 2 is 1.64 bits per heavy atom. The SMILES string of the molecule is Cc1cccc(NC(=O)c2ccc(C(=O)N(C)CCc3ccncc3)cc2)c1. The molecule has 1 aromatic heterocycles. The summed E-state index contributed by atoms with van der Waals surface area (Å²) in [6.45, 7) is 2.58. The van der Waals surface area contributed by atoms with Crippen molar-refractivity contribution in [1.82, 2.24) is 9.88 Å². The van der Waals surface area contributed by atoms with Crippen molar-refractivity contribution in [1.29, 1.82) is 0 Å². The van der Waals surface area contributed by atoms with Crippen LogP contribution in [0, 0.1) is 6.92 Å². The zero-order valence-electron chi connectivity index (χ0n) is 16.1. The highest BCUT2D eigenvalue weighted by molar-refractivity contribution is 6.05. The molecule has 0 aliphatic heterocycles. The molecule has 1 N–H and O–H groups in total. The van der Waals surface area contributed by atoms with Gasteiger partial charge in [0.15, 0.2) is 0 Å². The molecule has 1 heterocycles. The van der Waals surface area contributed by atoms with Crippen LogP contribution in [0.4, 0.5) is 5.69 Å². The fourth-order valence-corrected chi connectivity index (χ4v) is 2.86. The van der Waals surface area contributed by atoms with E-state index in [9.17, 15) is 9.59 Å². The lowest BCUT2D eigenvalue weighted by Crippen LogP contribution is -2.28. The minimum atomic E-state index is -0.198. The first-order valence-corrected chi connectivity index (χ1v) is 9.15. The molecule has 2 aromatic carbocycles. The van der Waals surface area contributed by atoms with Gasteiger partial charge in [-0.05, 0) is 73.0 Å². The van der Waals surface area contributed by atoms with E-state index in [4.69, 9.17) is 0 Å². The van der Waals surface area contributed by atoms with Gasteiger partial charge in [0, 0.05) is 42.8 Å². The number of amides is 2. The van der Waals surface area contributed by atoms with E-state index in [1.807, 2.05) is 43.3 Å². The smallest absolute Gasteiger partial charge is 0.255 e. The van der Waals surface area contributed by atoms with Crippen molar-refractivity contribution in [3.05, 3.63) is 95.3 Å². The second-order valence-electron chi connectivity index (χ2n) is 6.73. The molecule has 0 bridgehead atoms. The normalized spacial score (nSPS) is 10.4. The Hall–Kier alpha value is -3.47.